The zero-order valence-corrected chi connectivity index (χ0v) is 18.5. The number of aliphatic hydroxyl groups excluding tert-OH is 1. The van der Waals surface area contributed by atoms with Gasteiger partial charge in [0.25, 0.3) is 0 Å². The molecule has 3 rings (SSSR count). The van der Waals surface area contributed by atoms with Crippen LogP contribution in [0.3, 0.4) is 0 Å². The summed E-state index contributed by atoms with van der Waals surface area (Å²) < 4.78 is 0. The van der Waals surface area contributed by atoms with Crippen molar-refractivity contribution in [2.75, 3.05) is 13.2 Å². The molecule has 3 aromatic rings. The zero-order valence-electron chi connectivity index (χ0n) is 17.8. The molecule has 0 saturated heterocycles. The molecule has 5 nitrogen and oxygen atoms in total. The van der Waals surface area contributed by atoms with E-state index < -0.39 is 6.04 Å². The van der Waals surface area contributed by atoms with Gasteiger partial charge in [-0.2, -0.15) is 0 Å². The minimum Gasteiger partial charge on any atom is -0.395 e. The monoisotopic (exact) mass is 450 g/mol. The van der Waals surface area contributed by atoms with Crippen LogP contribution in [0.1, 0.15) is 16.7 Å². The van der Waals surface area contributed by atoms with Crippen molar-refractivity contribution in [1.82, 2.24) is 10.2 Å². The first kappa shape index (κ1) is 23.5. The molecule has 0 aromatic heterocycles. The number of aliphatic hydroxyl groups is 1. The smallest absolute Gasteiger partial charge is 0.243 e. The normalized spacial score (nSPS) is 11.6. The molecule has 166 valence electrons. The number of nitrogens with zero attached hydrogens (tertiary/aromatic N) is 1. The van der Waals surface area contributed by atoms with Crippen molar-refractivity contribution in [2.45, 2.75) is 25.4 Å². The molecule has 0 bridgehead atoms. The van der Waals surface area contributed by atoms with E-state index in [-0.39, 0.29) is 31.4 Å². The van der Waals surface area contributed by atoms with Gasteiger partial charge in [0.15, 0.2) is 0 Å². The lowest BCUT2D eigenvalue weighted by Gasteiger charge is -2.31. The van der Waals surface area contributed by atoms with E-state index in [0.717, 1.165) is 16.7 Å². The second kappa shape index (κ2) is 12.0. The minimum atomic E-state index is -0.719. The maximum absolute atomic E-state index is 13.5. The van der Waals surface area contributed by atoms with E-state index in [2.05, 4.69) is 5.32 Å². The number of nitrogens with one attached hydrogen (secondary N) is 1. The van der Waals surface area contributed by atoms with E-state index in [1.165, 1.54) is 0 Å². The highest BCUT2D eigenvalue weighted by Gasteiger charge is 2.30. The highest BCUT2D eigenvalue weighted by Crippen LogP contribution is 2.17. The number of halogens is 1. The van der Waals surface area contributed by atoms with Crippen molar-refractivity contribution in [3.8, 4) is 0 Å². The Kier molecular flexibility index (Phi) is 8.84. The summed E-state index contributed by atoms with van der Waals surface area (Å²) in [4.78, 5) is 28.2. The van der Waals surface area contributed by atoms with Crippen LogP contribution in [-0.4, -0.2) is 41.0 Å². The maximum Gasteiger partial charge on any atom is 0.243 e. The molecule has 0 saturated carbocycles. The fraction of sp³-hybridized carbons (Fsp3) is 0.231. The first-order valence-corrected chi connectivity index (χ1v) is 10.9. The Labute approximate surface area is 193 Å². The summed E-state index contributed by atoms with van der Waals surface area (Å²) in [7, 11) is 0. The van der Waals surface area contributed by atoms with Crippen LogP contribution < -0.4 is 5.32 Å². The van der Waals surface area contributed by atoms with Crippen molar-refractivity contribution in [3.05, 3.63) is 107 Å². The topological polar surface area (TPSA) is 69.6 Å². The van der Waals surface area contributed by atoms with Gasteiger partial charge in [-0.05, 0) is 28.8 Å². The van der Waals surface area contributed by atoms with Gasteiger partial charge >= 0.3 is 0 Å². The van der Waals surface area contributed by atoms with Crippen molar-refractivity contribution in [3.63, 3.8) is 0 Å². The average Bonchev–Trinajstić information content (AvgIpc) is 2.82. The van der Waals surface area contributed by atoms with Crippen LogP contribution in [0.5, 0.6) is 0 Å². The summed E-state index contributed by atoms with van der Waals surface area (Å²) in [5.41, 5.74) is 2.71. The number of rotatable bonds is 10. The molecular weight excluding hydrogens is 424 g/mol. The van der Waals surface area contributed by atoms with Gasteiger partial charge in [-0.25, -0.2) is 0 Å². The van der Waals surface area contributed by atoms with Gasteiger partial charge in [-0.3, -0.25) is 9.59 Å². The van der Waals surface area contributed by atoms with Crippen LogP contribution in [0.25, 0.3) is 0 Å². The van der Waals surface area contributed by atoms with Crippen LogP contribution >= 0.6 is 11.6 Å². The van der Waals surface area contributed by atoms with Crippen molar-refractivity contribution in [2.24, 2.45) is 0 Å². The molecule has 1 atom stereocenters. The average molecular weight is 451 g/mol. The van der Waals surface area contributed by atoms with Gasteiger partial charge in [0.05, 0.1) is 13.0 Å². The highest BCUT2D eigenvalue weighted by molar-refractivity contribution is 6.30. The lowest BCUT2D eigenvalue weighted by atomic mass is 10.0. The van der Waals surface area contributed by atoms with E-state index in [4.69, 9.17) is 11.6 Å². The lowest BCUT2D eigenvalue weighted by molar-refractivity contribution is -0.140. The molecule has 0 aliphatic rings. The molecule has 2 N–H and O–H groups in total. The van der Waals surface area contributed by atoms with Gasteiger partial charge in [-0.1, -0.05) is 84.4 Å². The summed E-state index contributed by atoms with van der Waals surface area (Å²) in [5.74, 6) is -0.445. The molecule has 0 radical (unpaired) electrons. The Balaban J connectivity index is 1.92. The van der Waals surface area contributed by atoms with Gasteiger partial charge in [-0.15, -0.1) is 0 Å². The molecule has 3 aromatic carbocycles. The number of hydrogen-bond donors (Lipinski definition) is 2. The van der Waals surface area contributed by atoms with Crippen LogP contribution in [0.4, 0.5) is 0 Å². The molecule has 0 aliphatic carbocycles. The first-order chi connectivity index (χ1) is 15.6. The number of carbonyl (C=O) groups excluding carboxylic acids is 2. The summed E-state index contributed by atoms with van der Waals surface area (Å²) >= 11 is 5.98. The van der Waals surface area contributed by atoms with E-state index >= 15 is 0 Å². The molecule has 0 fully saturated rings. The van der Waals surface area contributed by atoms with Gasteiger partial charge in [0.1, 0.15) is 6.04 Å². The molecule has 0 aliphatic heterocycles. The third-order valence-corrected chi connectivity index (χ3v) is 5.40. The van der Waals surface area contributed by atoms with Gasteiger partial charge < -0.3 is 15.3 Å². The van der Waals surface area contributed by atoms with Crippen molar-refractivity contribution in [1.29, 1.82) is 0 Å². The number of carbonyl (C=O) groups is 2. The Morgan fingerprint density at radius 3 is 2.03 bits per heavy atom. The Morgan fingerprint density at radius 1 is 0.844 bits per heavy atom. The van der Waals surface area contributed by atoms with Crippen LogP contribution in [0.2, 0.25) is 5.02 Å². The molecule has 2 amide bonds. The summed E-state index contributed by atoms with van der Waals surface area (Å²) in [6.45, 7) is 0.271. The maximum atomic E-state index is 13.5. The number of amides is 2. The van der Waals surface area contributed by atoms with Crippen LogP contribution in [0, 0.1) is 0 Å². The van der Waals surface area contributed by atoms with Crippen molar-refractivity contribution < 1.29 is 14.7 Å². The fourth-order valence-corrected chi connectivity index (χ4v) is 3.64. The van der Waals surface area contributed by atoms with E-state index in [1.807, 2.05) is 72.8 Å². The third-order valence-electron chi connectivity index (χ3n) is 5.15. The first-order valence-electron chi connectivity index (χ1n) is 10.6. The van der Waals surface area contributed by atoms with Gasteiger partial charge in [0, 0.05) is 24.5 Å². The molecule has 1 unspecified atom stereocenters. The SMILES string of the molecule is O=C(NCCO)C(Cc1ccccc1)N(Cc1ccccc1)C(=O)Cc1ccc(Cl)cc1. The zero-order chi connectivity index (χ0) is 22.8. The number of benzene rings is 3. The standard InChI is InChI=1S/C26H27ClN2O3/c27-23-13-11-21(12-14-23)18-25(31)29(19-22-9-5-2-6-10-22)24(26(32)28-15-16-30)17-20-7-3-1-4-8-20/h1-14,24,30H,15-19H2,(H,28,32). The van der Waals surface area contributed by atoms with E-state index in [0.29, 0.717) is 18.0 Å². The largest absolute Gasteiger partial charge is 0.395 e. The van der Waals surface area contributed by atoms with Crippen LogP contribution in [-0.2, 0) is 29.0 Å². The lowest BCUT2D eigenvalue weighted by Crippen LogP contribution is -2.51. The molecule has 32 heavy (non-hydrogen) atoms. The Bertz CT molecular complexity index is 995. The Hall–Kier alpha value is -3.15. The van der Waals surface area contributed by atoms with E-state index in [1.54, 1.807) is 17.0 Å². The van der Waals surface area contributed by atoms with Gasteiger partial charge in [0.2, 0.25) is 11.8 Å². The quantitative estimate of drug-likeness (QED) is 0.495. The second-order valence-electron chi connectivity index (χ2n) is 7.53. The summed E-state index contributed by atoms with van der Waals surface area (Å²) in [5, 5.41) is 12.5. The fourth-order valence-electron chi connectivity index (χ4n) is 3.51. The van der Waals surface area contributed by atoms with Crippen LogP contribution in [0.15, 0.2) is 84.9 Å². The summed E-state index contributed by atoms with van der Waals surface area (Å²) in [6, 6.07) is 25.7. The molecule has 6 heteroatoms. The third kappa shape index (κ3) is 6.94. The minimum absolute atomic E-state index is 0.134. The summed E-state index contributed by atoms with van der Waals surface area (Å²) in [6.07, 6.45) is 0.528. The molecular formula is C26H27ClN2O3. The predicted octanol–water partition coefficient (Wildman–Crippen LogP) is 3.63. The second-order valence-corrected chi connectivity index (χ2v) is 7.97. The molecule has 0 spiro atoms. The highest BCUT2D eigenvalue weighted by atomic mass is 35.5. The predicted molar refractivity (Wildman–Crippen MR) is 126 cm³/mol. The van der Waals surface area contributed by atoms with Crippen molar-refractivity contribution >= 4 is 23.4 Å². The molecule has 0 heterocycles. The van der Waals surface area contributed by atoms with E-state index in [9.17, 15) is 14.7 Å². The number of hydrogen-bond acceptors (Lipinski definition) is 3. The Morgan fingerprint density at radius 2 is 1.44 bits per heavy atom.